The normalized spacial score (nSPS) is 21.0. The summed E-state index contributed by atoms with van der Waals surface area (Å²) in [6, 6.07) is 7.76. The van der Waals surface area contributed by atoms with Gasteiger partial charge in [-0.05, 0) is 18.9 Å². The Hall–Kier alpha value is -2.87. The summed E-state index contributed by atoms with van der Waals surface area (Å²) in [4.78, 5) is 17.3. The number of hydrogen-bond donors (Lipinski definition) is 1. The summed E-state index contributed by atoms with van der Waals surface area (Å²) in [6.07, 6.45) is 2.74. The van der Waals surface area contributed by atoms with Crippen molar-refractivity contribution in [3.05, 3.63) is 57.4 Å². The molecule has 2 aliphatic heterocycles. The lowest BCUT2D eigenvalue weighted by atomic mass is 10.1. The number of phenolic OH excluding ortho intramolecular Hbond substituents is 1. The number of hydrogen-bond acceptors (Lipinski definition) is 11. The van der Waals surface area contributed by atoms with Crippen molar-refractivity contribution in [2.24, 2.45) is 0 Å². The highest BCUT2D eigenvalue weighted by atomic mass is 16.7. The van der Waals surface area contributed by atoms with Gasteiger partial charge in [-0.15, -0.1) is 0 Å². The topological polar surface area (TPSA) is 135 Å². The maximum Gasteiger partial charge on any atom is 0.270 e. The predicted molar refractivity (Wildman–Crippen MR) is 139 cm³/mol. The minimum Gasteiger partial charge on any atom is -0.508 e. The Morgan fingerprint density at radius 3 is 2.21 bits per heavy atom. The van der Waals surface area contributed by atoms with Gasteiger partial charge in [-0.3, -0.25) is 20.0 Å². The summed E-state index contributed by atoms with van der Waals surface area (Å²) in [5, 5.41) is 21.4. The van der Waals surface area contributed by atoms with Crippen LogP contribution in [0.4, 0.5) is 5.69 Å². The summed E-state index contributed by atoms with van der Waals surface area (Å²) in [6.45, 7) is 5.16. The molecule has 1 aromatic carbocycles. The number of rotatable bonds is 5. The van der Waals surface area contributed by atoms with Crippen LogP contribution in [0.3, 0.4) is 0 Å². The molecule has 1 aromatic heterocycles. The van der Waals surface area contributed by atoms with Crippen molar-refractivity contribution >= 4 is 5.69 Å². The van der Waals surface area contributed by atoms with Gasteiger partial charge in [0, 0.05) is 55.9 Å². The molecule has 4 rings (SSSR count). The number of pyridine rings is 1. The van der Waals surface area contributed by atoms with Crippen molar-refractivity contribution in [1.82, 2.24) is 9.88 Å². The maximum absolute atomic E-state index is 11.2. The zero-order valence-electron chi connectivity index (χ0n) is 22.1. The highest BCUT2D eigenvalue weighted by Crippen LogP contribution is 2.24. The van der Waals surface area contributed by atoms with Gasteiger partial charge in [0.05, 0.1) is 75.8 Å². The minimum absolute atomic E-state index is 0.0142. The molecule has 12 heteroatoms. The van der Waals surface area contributed by atoms with E-state index < -0.39 is 4.92 Å². The number of aromatic hydroxyl groups is 1. The predicted octanol–water partition coefficient (Wildman–Crippen LogP) is 3.18. The highest BCUT2D eigenvalue weighted by Gasteiger charge is 2.17. The van der Waals surface area contributed by atoms with Gasteiger partial charge in [0.25, 0.3) is 5.69 Å². The summed E-state index contributed by atoms with van der Waals surface area (Å²) in [5.74, 6) is 0.700. The first-order chi connectivity index (χ1) is 19.1. The van der Waals surface area contributed by atoms with Gasteiger partial charge in [0.2, 0.25) is 0 Å². The first kappa shape index (κ1) is 29.1. The molecule has 1 N–H and O–H groups in total. The molecule has 0 amide bonds. The van der Waals surface area contributed by atoms with Gasteiger partial charge >= 0.3 is 0 Å². The number of nitro benzene ring substituents is 1. The van der Waals surface area contributed by atoms with Crippen LogP contribution < -0.4 is 4.74 Å². The molecule has 1 fully saturated rings. The summed E-state index contributed by atoms with van der Waals surface area (Å²) >= 11 is 0. The van der Waals surface area contributed by atoms with Crippen LogP contribution in [-0.2, 0) is 43.4 Å². The van der Waals surface area contributed by atoms with Gasteiger partial charge in [0.1, 0.15) is 11.5 Å². The zero-order valence-corrected chi connectivity index (χ0v) is 22.1. The number of benzene rings is 1. The Kier molecular flexibility index (Phi) is 11.7. The summed E-state index contributed by atoms with van der Waals surface area (Å²) in [5.41, 5.74) is 1.89. The van der Waals surface area contributed by atoms with Crippen molar-refractivity contribution in [3.8, 4) is 11.5 Å². The fourth-order valence-electron chi connectivity index (χ4n) is 4.29. The lowest BCUT2D eigenvalue weighted by molar-refractivity contribution is -0.385. The number of aromatic nitrogens is 1. The van der Waals surface area contributed by atoms with Gasteiger partial charge in [-0.25, -0.2) is 0 Å². The van der Waals surface area contributed by atoms with Crippen molar-refractivity contribution < 1.29 is 38.5 Å². The highest BCUT2D eigenvalue weighted by molar-refractivity contribution is 5.43. The van der Waals surface area contributed by atoms with Crippen LogP contribution in [0.1, 0.15) is 36.2 Å². The Morgan fingerprint density at radius 1 is 0.923 bits per heavy atom. The van der Waals surface area contributed by atoms with E-state index in [0.29, 0.717) is 90.4 Å². The quantitative estimate of drug-likeness (QED) is 0.437. The van der Waals surface area contributed by atoms with Crippen LogP contribution in [0.15, 0.2) is 30.3 Å². The SMILES string of the molecule is O=[N+]([O-])c1ccc(O)c(CN2CCOCCOCc3cc(OC4CCCCO4)cc(n3)COCCOCC2)c1. The average molecular weight is 548 g/mol. The molecule has 0 saturated carbocycles. The number of nitro groups is 1. The smallest absolute Gasteiger partial charge is 0.270 e. The molecule has 39 heavy (non-hydrogen) atoms. The summed E-state index contributed by atoms with van der Waals surface area (Å²) < 4.78 is 34.9. The molecule has 214 valence electrons. The largest absolute Gasteiger partial charge is 0.508 e. The fraction of sp³-hybridized carbons (Fsp3) is 0.593. The van der Waals surface area contributed by atoms with Gasteiger partial charge in [-0.1, -0.05) is 0 Å². The number of fused-ring (bicyclic) bond motifs is 2. The minimum atomic E-state index is -0.473. The lowest BCUT2D eigenvalue weighted by Gasteiger charge is -2.24. The maximum atomic E-state index is 11.2. The second-order valence-corrected chi connectivity index (χ2v) is 9.38. The molecule has 0 aliphatic carbocycles. The first-order valence-electron chi connectivity index (χ1n) is 13.3. The molecule has 2 aromatic rings. The van der Waals surface area contributed by atoms with E-state index in [4.69, 9.17) is 28.4 Å². The first-order valence-corrected chi connectivity index (χ1v) is 13.3. The van der Waals surface area contributed by atoms with E-state index in [1.807, 2.05) is 17.0 Å². The molecule has 2 bridgehead atoms. The monoisotopic (exact) mass is 547 g/mol. The van der Waals surface area contributed by atoms with Crippen molar-refractivity contribution in [2.45, 2.75) is 45.3 Å². The molecule has 1 unspecified atom stereocenters. The second-order valence-electron chi connectivity index (χ2n) is 9.38. The third-order valence-corrected chi connectivity index (χ3v) is 6.33. The molecule has 2 aliphatic rings. The number of nitrogens with zero attached hydrogens (tertiary/aromatic N) is 3. The van der Waals surface area contributed by atoms with Gasteiger partial charge in [-0.2, -0.15) is 0 Å². The second kappa shape index (κ2) is 15.7. The molecule has 1 saturated heterocycles. The van der Waals surface area contributed by atoms with E-state index in [0.717, 1.165) is 30.7 Å². The average Bonchev–Trinajstić information content (AvgIpc) is 2.92. The number of ether oxygens (including phenoxy) is 6. The number of phenols is 1. The van der Waals surface area contributed by atoms with Crippen LogP contribution in [0.25, 0.3) is 0 Å². The van der Waals surface area contributed by atoms with E-state index in [1.54, 1.807) is 0 Å². The van der Waals surface area contributed by atoms with E-state index in [1.165, 1.54) is 18.2 Å². The van der Waals surface area contributed by atoms with E-state index >= 15 is 0 Å². The van der Waals surface area contributed by atoms with Gasteiger partial charge < -0.3 is 33.5 Å². The van der Waals surface area contributed by atoms with Crippen LogP contribution in [0, 0.1) is 10.1 Å². The van der Waals surface area contributed by atoms with Crippen molar-refractivity contribution in [1.29, 1.82) is 0 Å². The molecule has 3 heterocycles. The van der Waals surface area contributed by atoms with Crippen LogP contribution >= 0.6 is 0 Å². The fourth-order valence-corrected chi connectivity index (χ4v) is 4.29. The van der Waals surface area contributed by atoms with Crippen LogP contribution in [0.5, 0.6) is 11.5 Å². The lowest BCUT2D eigenvalue weighted by Crippen LogP contribution is -2.31. The number of non-ortho nitro benzene ring substituents is 1. The van der Waals surface area contributed by atoms with Crippen LogP contribution in [0.2, 0.25) is 0 Å². The van der Waals surface area contributed by atoms with Crippen molar-refractivity contribution in [2.75, 3.05) is 59.3 Å². The van der Waals surface area contributed by atoms with Crippen LogP contribution in [-0.4, -0.2) is 85.5 Å². The van der Waals surface area contributed by atoms with Gasteiger partial charge in [0.15, 0.2) is 6.29 Å². The summed E-state index contributed by atoms with van der Waals surface area (Å²) in [7, 11) is 0. The van der Waals surface area contributed by atoms with E-state index in [2.05, 4.69) is 4.98 Å². The Bertz CT molecular complexity index is 1010. The van der Waals surface area contributed by atoms with E-state index in [-0.39, 0.29) is 17.7 Å². The van der Waals surface area contributed by atoms with E-state index in [9.17, 15) is 15.2 Å². The molecule has 12 nitrogen and oxygen atoms in total. The molecule has 0 spiro atoms. The third kappa shape index (κ3) is 9.99. The molecule has 1 atom stereocenters. The Morgan fingerprint density at radius 2 is 1.59 bits per heavy atom. The zero-order chi connectivity index (χ0) is 27.3. The van der Waals surface area contributed by atoms with Crippen molar-refractivity contribution in [3.63, 3.8) is 0 Å². The molecular weight excluding hydrogens is 510 g/mol. The molecular formula is C27H37N3O9. The standard InChI is InChI=1S/C27H37N3O9/c31-26-5-4-24(30(32)33)15-21(26)18-29-6-9-34-11-13-36-19-22-16-25(39-27-3-1-2-8-38-27)17-23(28-22)20-37-14-12-35-10-7-29/h4-5,15-17,27,31H,1-3,6-14,18-20H2. The molecule has 0 radical (unpaired) electrons. The Labute approximate surface area is 227 Å². The Balaban J connectivity index is 1.32. The third-order valence-electron chi connectivity index (χ3n) is 6.33.